The van der Waals surface area contributed by atoms with Crippen LogP contribution in [-0.2, 0) is 38.0 Å². The van der Waals surface area contributed by atoms with Crippen LogP contribution in [0.3, 0.4) is 0 Å². The fraction of sp³-hybridized carbons (Fsp3) is 0.932. The second-order valence-corrected chi connectivity index (χ2v) is 21.5. The highest BCUT2D eigenvalue weighted by atomic mass is 16.7. The fourth-order valence-electron chi connectivity index (χ4n) is 9.80. The summed E-state index contributed by atoms with van der Waals surface area (Å²) in [5.41, 5.74) is 0. The van der Waals surface area contributed by atoms with Crippen LogP contribution in [-0.4, -0.2) is 142 Å². The maximum absolute atomic E-state index is 13.1. The summed E-state index contributed by atoms with van der Waals surface area (Å²) in [6, 6.07) is 0. The van der Waals surface area contributed by atoms with Crippen LogP contribution in [0.25, 0.3) is 0 Å². The van der Waals surface area contributed by atoms with Gasteiger partial charge in [0.2, 0.25) is 0 Å². The molecule has 0 radical (unpaired) electrons. The smallest absolute Gasteiger partial charge is 0.306 e. The van der Waals surface area contributed by atoms with Crippen molar-refractivity contribution in [3.63, 3.8) is 0 Å². The van der Waals surface area contributed by atoms with Gasteiger partial charge in [-0.15, -0.1) is 0 Å². The number of hydrogen-bond donors (Lipinski definition) is 7. The Balaban J connectivity index is 1.71. The number of rotatable bonds is 49. The van der Waals surface area contributed by atoms with Crippen LogP contribution in [0.1, 0.15) is 258 Å². The molecule has 436 valence electrons. The van der Waals surface area contributed by atoms with E-state index in [2.05, 4.69) is 26.0 Å². The first-order chi connectivity index (χ1) is 36.0. The Morgan fingerprint density at radius 3 is 1.19 bits per heavy atom. The van der Waals surface area contributed by atoms with Gasteiger partial charge in [0.25, 0.3) is 0 Å². The molecule has 4 unspecified atom stereocenters. The average molecular weight is 1060 g/mol. The number of allylic oxidation sites excluding steroid dienone is 2. The van der Waals surface area contributed by atoms with E-state index in [0.29, 0.717) is 12.8 Å². The minimum absolute atomic E-state index is 0.160. The summed E-state index contributed by atoms with van der Waals surface area (Å²) in [6.07, 6.45) is 32.4. The highest BCUT2D eigenvalue weighted by Gasteiger charge is 2.47. The normalized spacial score (nSPS) is 24.7. The first-order valence-corrected chi connectivity index (χ1v) is 30.3. The maximum atomic E-state index is 13.1. The molecule has 0 aliphatic carbocycles. The van der Waals surface area contributed by atoms with Crippen LogP contribution in [0, 0.1) is 0 Å². The van der Waals surface area contributed by atoms with Crippen molar-refractivity contribution >= 4 is 11.9 Å². The van der Waals surface area contributed by atoms with Gasteiger partial charge in [0.15, 0.2) is 18.7 Å². The number of aliphatic hydroxyl groups excluding tert-OH is 7. The topological polar surface area (TPSA) is 231 Å². The largest absolute Gasteiger partial charge is 0.462 e. The summed E-state index contributed by atoms with van der Waals surface area (Å²) in [7, 11) is 0. The monoisotopic (exact) mass is 1060 g/mol. The molecule has 15 nitrogen and oxygen atoms in total. The zero-order chi connectivity index (χ0) is 53.9. The van der Waals surface area contributed by atoms with E-state index in [-0.39, 0.29) is 26.1 Å². The first-order valence-electron chi connectivity index (χ1n) is 30.3. The Hall–Kier alpha value is -1.76. The average Bonchev–Trinajstić information content (AvgIpc) is 3.39. The predicted octanol–water partition coefficient (Wildman–Crippen LogP) is 10.5. The Bertz CT molecular complexity index is 1340. The van der Waals surface area contributed by atoms with E-state index >= 15 is 0 Å². The molecule has 11 atom stereocenters. The Morgan fingerprint density at radius 1 is 0.419 bits per heavy atom. The number of aliphatic hydroxyl groups is 7. The molecule has 2 heterocycles. The van der Waals surface area contributed by atoms with E-state index in [1.54, 1.807) is 0 Å². The van der Waals surface area contributed by atoms with Gasteiger partial charge >= 0.3 is 11.9 Å². The molecule has 0 bridgehead atoms. The lowest BCUT2D eigenvalue weighted by molar-refractivity contribution is -0.332. The van der Waals surface area contributed by atoms with Crippen molar-refractivity contribution in [1.82, 2.24) is 0 Å². The molecule has 15 heteroatoms. The minimum atomic E-state index is -1.76. The van der Waals surface area contributed by atoms with Crippen molar-refractivity contribution in [2.75, 3.05) is 26.4 Å². The van der Waals surface area contributed by atoms with E-state index in [0.717, 1.165) is 57.8 Å². The maximum Gasteiger partial charge on any atom is 0.306 e. The van der Waals surface area contributed by atoms with Gasteiger partial charge in [-0.05, 0) is 38.5 Å². The molecule has 2 aliphatic rings. The third-order valence-corrected chi connectivity index (χ3v) is 14.7. The number of esters is 2. The molecule has 2 fully saturated rings. The molecule has 0 aromatic carbocycles. The molecule has 7 N–H and O–H groups in total. The van der Waals surface area contributed by atoms with Gasteiger partial charge in [-0.2, -0.15) is 0 Å². The van der Waals surface area contributed by atoms with Gasteiger partial charge in [0.05, 0.1) is 19.8 Å². The van der Waals surface area contributed by atoms with Gasteiger partial charge in [0, 0.05) is 12.8 Å². The van der Waals surface area contributed by atoms with Crippen LogP contribution in [0.2, 0.25) is 0 Å². The van der Waals surface area contributed by atoms with Crippen molar-refractivity contribution in [3.8, 4) is 0 Å². The molecular weight excluding hydrogens is 949 g/mol. The number of carbonyl (C=O) groups is 2. The molecule has 74 heavy (non-hydrogen) atoms. The Morgan fingerprint density at radius 2 is 0.770 bits per heavy atom. The van der Waals surface area contributed by atoms with E-state index in [4.69, 9.17) is 28.4 Å². The summed E-state index contributed by atoms with van der Waals surface area (Å²) in [4.78, 5) is 25.9. The minimum Gasteiger partial charge on any atom is -0.462 e. The van der Waals surface area contributed by atoms with E-state index < -0.39 is 92.7 Å². The molecule has 0 aromatic heterocycles. The van der Waals surface area contributed by atoms with Gasteiger partial charge in [-0.3, -0.25) is 9.59 Å². The zero-order valence-electron chi connectivity index (χ0n) is 46.6. The second-order valence-electron chi connectivity index (χ2n) is 21.5. The zero-order valence-corrected chi connectivity index (χ0v) is 46.6. The van der Waals surface area contributed by atoms with Gasteiger partial charge in [-0.25, -0.2) is 0 Å². The van der Waals surface area contributed by atoms with Crippen LogP contribution < -0.4 is 0 Å². The van der Waals surface area contributed by atoms with E-state index in [9.17, 15) is 45.3 Å². The Kier molecular flexibility index (Phi) is 42.7. The lowest BCUT2D eigenvalue weighted by Gasteiger charge is -2.42. The summed E-state index contributed by atoms with van der Waals surface area (Å²) in [5, 5.41) is 72.3. The lowest BCUT2D eigenvalue weighted by Crippen LogP contribution is -2.61. The molecule has 0 spiro atoms. The number of hydrogen-bond acceptors (Lipinski definition) is 15. The van der Waals surface area contributed by atoms with Crippen molar-refractivity contribution < 1.29 is 73.8 Å². The SMILES string of the molecule is CCCCCCCC/C=C/CCCCCCCC(=O)O[C@@H](COC(=O)CCCCCCCCCCCCCCCCCCCCCCCCC)CO[C@@H]1O[C@H](CO[C@@H]2O[C@H](CO)[C@H](O)C(O)C2O)[C@H](O)C(O)C1O. The Labute approximate surface area is 448 Å². The standard InChI is InChI=1S/C59H110O15/c1-3-5-7-9-11-13-15-17-19-20-21-22-23-24-25-26-28-29-31-33-35-37-39-41-50(61)69-44-47(72-51(62)42-40-38-36-34-32-30-27-18-16-14-12-10-8-6-4-2)45-70-58-57(68)55(66)53(64)49(74-58)46-71-59-56(67)54(65)52(63)48(43-60)73-59/h18,27,47-49,52-60,63-68H,3-17,19-26,28-46H2,1-2H3/b27-18+/t47-,48+,49+,52-,53-,54?,55?,56?,57?,58+,59+/m0/s1. The van der Waals surface area contributed by atoms with Crippen molar-refractivity contribution in [1.29, 1.82) is 0 Å². The van der Waals surface area contributed by atoms with Crippen molar-refractivity contribution in [2.45, 2.75) is 325 Å². The molecule has 2 aliphatic heterocycles. The van der Waals surface area contributed by atoms with Crippen molar-refractivity contribution in [3.05, 3.63) is 12.2 Å². The van der Waals surface area contributed by atoms with Crippen LogP contribution in [0.4, 0.5) is 0 Å². The van der Waals surface area contributed by atoms with Crippen molar-refractivity contribution in [2.24, 2.45) is 0 Å². The predicted molar refractivity (Wildman–Crippen MR) is 289 cm³/mol. The third-order valence-electron chi connectivity index (χ3n) is 14.7. The molecule has 2 saturated heterocycles. The molecule has 2 rings (SSSR count). The quantitative estimate of drug-likeness (QED) is 0.0171. The lowest BCUT2D eigenvalue weighted by atomic mass is 9.98. The van der Waals surface area contributed by atoms with Gasteiger partial charge < -0.3 is 64.2 Å². The third kappa shape index (κ3) is 32.9. The first kappa shape index (κ1) is 68.3. The van der Waals surface area contributed by atoms with E-state index in [1.807, 2.05) is 0 Å². The number of unbranched alkanes of at least 4 members (excludes halogenated alkanes) is 33. The van der Waals surface area contributed by atoms with E-state index in [1.165, 1.54) is 161 Å². The molecule has 0 saturated carbocycles. The molecular formula is C59H110O15. The molecule has 0 amide bonds. The van der Waals surface area contributed by atoms with Crippen LogP contribution in [0.5, 0.6) is 0 Å². The highest BCUT2D eigenvalue weighted by molar-refractivity contribution is 5.70. The van der Waals surface area contributed by atoms with Crippen LogP contribution in [0.15, 0.2) is 12.2 Å². The summed E-state index contributed by atoms with van der Waals surface area (Å²) < 4.78 is 33.7. The van der Waals surface area contributed by atoms with Gasteiger partial charge in [-0.1, -0.05) is 219 Å². The summed E-state index contributed by atoms with van der Waals surface area (Å²) in [5.74, 6) is -0.918. The fourth-order valence-corrected chi connectivity index (χ4v) is 9.80. The summed E-state index contributed by atoms with van der Waals surface area (Å²) >= 11 is 0. The molecule has 0 aromatic rings. The second kappa shape index (κ2) is 46.2. The number of ether oxygens (including phenoxy) is 6. The van der Waals surface area contributed by atoms with Gasteiger partial charge in [0.1, 0.15) is 55.4 Å². The highest BCUT2D eigenvalue weighted by Crippen LogP contribution is 2.27. The number of carbonyl (C=O) groups excluding carboxylic acids is 2. The summed E-state index contributed by atoms with van der Waals surface area (Å²) in [6.45, 7) is 2.63. The van der Waals surface area contributed by atoms with Crippen LogP contribution >= 0.6 is 0 Å².